The Morgan fingerprint density at radius 1 is 0.811 bits per heavy atom. The van der Waals surface area contributed by atoms with Crippen molar-refractivity contribution in [3.8, 4) is 0 Å². The third-order valence-electron chi connectivity index (χ3n) is 6.21. The summed E-state index contributed by atoms with van der Waals surface area (Å²) < 4.78 is 32.4. The van der Waals surface area contributed by atoms with E-state index in [9.17, 15) is 14.3 Å². The number of unbranched alkanes of at least 4 members (excludes halogenated alkanes) is 14. The van der Waals surface area contributed by atoms with Crippen LogP contribution in [0.25, 0.3) is 0 Å². The van der Waals surface area contributed by atoms with E-state index in [2.05, 4.69) is 12.2 Å². The monoisotopic (exact) mass is 552 g/mol. The molecule has 0 saturated heterocycles. The lowest BCUT2D eigenvalue weighted by atomic mass is 10.0. The zero-order valence-electron chi connectivity index (χ0n) is 24.5. The van der Waals surface area contributed by atoms with Crippen molar-refractivity contribution < 1.29 is 37.3 Å². The molecule has 0 saturated carbocycles. The Hall–Kier alpha value is -0.700. The number of likely N-dealkylation sites (N-methyl/N-ethyl adjacent to an activating group) is 1. The minimum absolute atomic E-state index is 0.0279. The first-order valence-corrected chi connectivity index (χ1v) is 15.9. The third kappa shape index (κ3) is 26.7. The highest BCUT2D eigenvalue weighted by molar-refractivity contribution is 7.45. The standard InChI is InChI=1S/C27H57N2O7P/c1-6-7-8-9-10-11-12-13-14-15-16-17-18-19-20-21-28-27(30)34-24-26(33-5)25-36-37(31,32)35-23-22-29(2,3)4/h26H,6-25H2,1-5H3,(H-,28,30,31,32). The van der Waals surface area contributed by atoms with Gasteiger partial charge in [-0.05, 0) is 6.42 Å². The maximum Gasteiger partial charge on any atom is 0.407 e. The van der Waals surface area contributed by atoms with Gasteiger partial charge in [-0.25, -0.2) is 4.79 Å². The SMILES string of the molecule is CCCCCCCCCCCCCCCCCNC(=O)OCC(COP(=O)([O-])OCC[N+](C)(C)C)OC. The van der Waals surface area contributed by atoms with Crippen LogP contribution in [0.5, 0.6) is 0 Å². The topological polar surface area (TPSA) is 106 Å². The van der Waals surface area contributed by atoms with Crippen LogP contribution in [0.4, 0.5) is 4.79 Å². The van der Waals surface area contributed by atoms with Gasteiger partial charge >= 0.3 is 6.09 Å². The van der Waals surface area contributed by atoms with E-state index in [0.717, 1.165) is 12.8 Å². The number of carbonyl (C=O) groups excluding carboxylic acids is 1. The quantitative estimate of drug-likeness (QED) is 0.0820. The molecule has 222 valence electrons. The maximum atomic E-state index is 11.9. The molecule has 37 heavy (non-hydrogen) atoms. The number of methoxy groups -OCH3 is 1. The molecule has 0 spiro atoms. The van der Waals surface area contributed by atoms with Gasteiger partial charge in [-0.15, -0.1) is 0 Å². The van der Waals surface area contributed by atoms with Gasteiger partial charge in [0.15, 0.2) is 0 Å². The van der Waals surface area contributed by atoms with Gasteiger partial charge in [0.25, 0.3) is 7.82 Å². The summed E-state index contributed by atoms with van der Waals surface area (Å²) in [4.78, 5) is 23.7. The third-order valence-corrected chi connectivity index (χ3v) is 7.18. The molecular formula is C27H57N2O7P. The van der Waals surface area contributed by atoms with Gasteiger partial charge in [0.2, 0.25) is 0 Å². The number of ether oxygens (including phenoxy) is 2. The lowest BCUT2D eigenvalue weighted by Gasteiger charge is -2.28. The van der Waals surface area contributed by atoms with Gasteiger partial charge in [-0.3, -0.25) is 4.57 Å². The molecule has 0 radical (unpaired) electrons. The summed E-state index contributed by atoms with van der Waals surface area (Å²) >= 11 is 0. The highest BCUT2D eigenvalue weighted by Crippen LogP contribution is 2.38. The number of nitrogens with one attached hydrogen (secondary N) is 1. The van der Waals surface area contributed by atoms with Gasteiger partial charge in [-0.1, -0.05) is 96.8 Å². The van der Waals surface area contributed by atoms with Crippen molar-refractivity contribution in [2.75, 3.05) is 61.2 Å². The molecule has 0 aliphatic heterocycles. The van der Waals surface area contributed by atoms with E-state index < -0.39 is 20.0 Å². The van der Waals surface area contributed by atoms with E-state index in [4.69, 9.17) is 18.5 Å². The molecule has 0 aromatic carbocycles. The summed E-state index contributed by atoms with van der Waals surface area (Å²) in [5.74, 6) is 0. The smallest absolute Gasteiger partial charge is 0.407 e. The van der Waals surface area contributed by atoms with Crippen LogP contribution in [0.1, 0.15) is 103 Å². The molecule has 1 N–H and O–H groups in total. The first-order valence-electron chi connectivity index (χ1n) is 14.4. The molecule has 1 amide bonds. The summed E-state index contributed by atoms with van der Waals surface area (Å²) in [6.45, 7) is 2.97. The van der Waals surface area contributed by atoms with E-state index in [1.165, 1.54) is 90.6 Å². The van der Waals surface area contributed by atoms with E-state index in [1.807, 2.05) is 21.1 Å². The molecule has 0 aromatic rings. The molecule has 9 nitrogen and oxygen atoms in total. The van der Waals surface area contributed by atoms with Crippen LogP contribution in [0.15, 0.2) is 0 Å². The molecule has 0 aliphatic carbocycles. The summed E-state index contributed by atoms with van der Waals surface area (Å²) in [5, 5.41) is 2.72. The van der Waals surface area contributed by atoms with Crippen LogP contribution in [0, 0.1) is 0 Å². The van der Waals surface area contributed by atoms with Crippen LogP contribution in [0.2, 0.25) is 0 Å². The Bertz CT molecular complexity index is 588. The first kappa shape index (κ1) is 36.3. The van der Waals surface area contributed by atoms with E-state index in [-0.39, 0.29) is 19.8 Å². The number of nitrogens with zero attached hydrogens (tertiary/aromatic N) is 1. The number of quaternary nitrogens is 1. The van der Waals surface area contributed by atoms with Crippen LogP contribution in [-0.4, -0.2) is 77.8 Å². The lowest BCUT2D eigenvalue weighted by molar-refractivity contribution is -0.870. The predicted octanol–water partition coefficient (Wildman–Crippen LogP) is 5.81. The van der Waals surface area contributed by atoms with Gasteiger partial charge < -0.3 is 33.2 Å². The minimum atomic E-state index is -4.44. The molecule has 2 unspecified atom stereocenters. The summed E-state index contributed by atoms with van der Waals surface area (Å²) in [5.41, 5.74) is 0. The summed E-state index contributed by atoms with van der Waals surface area (Å²) in [7, 11) is 2.77. The number of alkyl carbamates (subject to hydrolysis) is 1. The number of hydrogen-bond acceptors (Lipinski definition) is 7. The van der Waals surface area contributed by atoms with Gasteiger partial charge in [-0.2, -0.15) is 0 Å². The van der Waals surface area contributed by atoms with Gasteiger partial charge in [0.05, 0.1) is 27.7 Å². The number of phosphoric ester groups is 1. The van der Waals surface area contributed by atoms with Crippen LogP contribution < -0.4 is 10.2 Å². The number of amides is 1. The van der Waals surface area contributed by atoms with Crippen molar-refractivity contribution >= 4 is 13.9 Å². The van der Waals surface area contributed by atoms with Crippen molar-refractivity contribution in [2.45, 2.75) is 109 Å². The fourth-order valence-electron chi connectivity index (χ4n) is 3.73. The Morgan fingerprint density at radius 2 is 1.30 bits per heavy atom. The van der Waals surface area contributed by atoms with Crippen molar-refractivity contribution in [2.24, 2.45) is 0 Å². The Labute approximate surface area is 227 Å². The molecule has 0 heterocycles. The van der Waals surface area contributed by atoms with E-state index in [1.54, 1.807) is 0 Å². The molecule has 2 atom stereocenters. The fraction of sp³-hybridized carbons (Fsp3) is 0.963. The first-order chi connectivity index (χ1) is 17.6. The second-order valence-electron chi connectivity index (χ2n) is 10.9. The largest absolute Gasteiger partial charge is 0.756 e. The van der Waals surface area contributed by atoms with Crippen molar-refractivity contribution in [1.29, 1.82) is 0 Å². The average molecular weight is 553 g/mol. The van der Waals surface area contributed by atoms with Gasteiger partial charge in [0.1, 0.15) is 25.9 Å². The minimum Gasteiger partial charge on any atom is -0.756 e. The maximum absolute atomic E-state index is 11.9. The van der Waals surface area contributed by atoms with Crippen molar-refractivity contribution in [3.05, 3.63) is 0 Å². The molecule has 0 bridgehead atoms. The van der Waals surface area contributed by atoms with Crippen LogP contribution in [-0.2, 0) is 23.1 Å². The molecule has 0 aliphatic rings. The zero-order valence-corrected chi connectivity index (χ0v) is 25.4. The van der Waals surface area contributed by atoms with E-state index >= 15 is 0 Å². The lowest BCUT2D eigenvalue weighted by Crippen LogP contribution is -2.37. The van der Waals surface area contributed by atoms with Crippen LogP contribution in [0.3, 0.4) is 0 Å². The number of rotatable bonds is 26. The average Bonchev–Trinajstić information content (AvgIpc) is 2.82. The summed E-state index contributed by atoms with van der Waals surface area (Å²) in [6.07, 6.45) is 18.2. The number of phosphoric acid groups is 1. The number of carbonyl (C=O) groups is 1. The Kier molecular flexibility index (Phi) is 22.8. The summed E-state index contributed by atoms with van der Waals surface area (Å²) in [6, 6.07) is 0. The molecule has 10 heteroatoms. The predicted molar refractivity (Wildman–Crippen MR) is 147 cm³/mol. The van der Waals surface area contributed by atoms with Crippen LogP contribution >= 0.6 is 7.82 Å². The highest BCUT2D eigenvalue weighted by Gasteiger charge is 2.18. The molecular weight excluding hydrogens is 495 g/mol. The van der Waals surface area contributed by atoms with Gasteiger partial charge in [0, 0.05) is 13.7 Å². The molecule has 0 rings (SSSR count). The zero-order chi connectivity index (χ0) is 27.8. The van der Waals surface area contributed by atoms with Crippen molar-refractivity contribution in [3.63, 3.8) is 0 Å². The fourth-order valence-corrected chi connectivity index (χ4v) is 4.46. The Balaban J connectivity index is 3.62. The highest BCUT2D eigenvalue weighted by atomic mass is 31.2. The van der Waals surface area contributed by atoms with Crippen molar-refractivity contribution in [1.82, 2.24) is 5.32 Å². The second-order valence-corrected chi connectivity index (χ2v) is 12.3. The second kappa shape index (κ2) is 23.2. The Morgan fingerprint density at radius 3 is 1.76 bits per heavy atom. The number of hydrogen-bond donors (Lipinski definition) is 1. The molecule has 0 aromatic heterocycles. The molecule has 0 fully saturated rings. The normalized spacial score (nSPS) is 14.3. The van der Waals surface area contributed by atoms with E-state index in [0.29, 0.717) is 17.6 Å².